The Morgan fingerprint density at radius 2 is 1.89 bits per heavy atom. The molecule has 0 unspecified atom stereocenters. The lowest BCUT2D eigenvalue weighted by atomic mass is 10.2. The zero-order valence-electron chi connectivity index (χ0n) is 10.2. The van der Waals surface area contributed by atoms with Gasteiger partial charge in [-0.3, -0.25) is 4.79 Å². The van der Waals surface area contributed by atoms with E-state index in [2.05, 4.69) is 15.3 Å². The van der Waals surface area contributed by atoms with E-state index < -0.39 is 5.56 Å². The SMILES string of the molecule is Cc1ccc(-n2nc3c(=O)[nH]nc(N)c3c2N)cc1. The highest BCUT2D eigenvalue weighted by Gasteiger charge is 2.15. The Bertz CT molecular complexity index is 815. The molecule has 7 heteroatoms. The summed E-state index contributed by atoms with van der Waals surface area (Å²) in [6.07, 6.45) is 0. The molecule has 0 bridgehead atoms. The molecule has 0 fully saturated rings. The van der Waals surface area contributed by atoms with E-state index in [1.165, 1.54) is 4.68 Å². The number of aromatic amines is 1. The zero-order chi connectivity index (χ0) is 13.6. The van der Waals surface area contributed by atoms with Crippen LogP contribution < -0.4 is 17.0 Å². The van der Waals surface area contributed by atoms with E-state index in [1.54, 1.807) is 0 Å². The summed E-state index contributed by atoms with van der Waals surface area (Å²) in [4.78, 5) is 11.7. The minimum Gasteiger partial charge on any atom is -0.383 e. The number of rotatable bonds is 1. The second kappa shape index (κ2) is 3.84. The van der Waals surface area contributed by atoms with Crippen molar-refractivity contribution in [2.24, 2.45) is 0 Å². The monoisotopic (exact) mass is 256 g/mol. The quantitative estimate of drug-likeness (QED) is 0.589. The molecule has 0 saturated heterocycles. The maximum Gasteiger partial charge on any atom is 0.292 e. The van der Waals surface area contributed by atoms with Crippen molar-refractivity contribution >= 4 is 22.5 Å². The molecule has 7 nitrogen and oxygen atoms in total. The Balaban J connectivity index is 2.34. The molecule has 19 heavy (non-hydrogen) atoms. The van der Waals surface area contributed by atoms with Crippen LogP contribution in [0.4, 0.5) is 11.6 Å². The number of hydrogen-bond donors (Lipinski definition) is 3. The highest BCUT2D eigenvalue weighted by molar-refractivity contribution is 5.96. The van der Waals surface area contributed by atoms with E-state index in [9.17, 15) is 4.79 Å². The van der Waals surface area contributed by atoms with Gasteiger partial charge in [0.05, 0.1) is 11.1 Å². The van der Waals surface area contributed by atoms with Crippen LogP contribution in [-0.2, 0) is 0 Å². The molecule has 5 N–H and O–H groups in total. The zero-order valence-corrected chi connectivity index (χ0v) is 10.2. The summed E-state index contributed by atoms with van der Waals surface area (Å²) >= 11 is 0. The van der Waals surface area contributed by atoms with Crippen molar-refractivity contribution in [2.45, 2.75) is 6.92 Å². The molecule has 0 saturated carbocycles. The van der Waals surface area contributed by atoms with Crippen molar-refractivity contribution in [3.8, 4) is 5.69 Å². The molecule has 1 aromatic carbocycles. The third-order valence-electron chi connectivity index (χ3n) is 2.95. The lowest BCUT2D eigenvalue weighted by Crippen LogP contribution is -2.10. The number of benzene rings is 1. The number of aryl methyl sites for hydroxylation is 1. The molecule has 3 rings (SSSR count). The van der Waals surface area contributed by atoms with E-state index in [0.29, 0.717) is 11.2 Å². The summed E-state index contributed by atoms with van der Waals surface area (Å²) in [6, 6.07) is 7.62. The van der Waals surface area contributed by atoms with Gasteiger partial charge in [0.15, 0.2) is 11.3 Å². The second-order valence-electron chi connectivity index (χ2n) is 4.29. The number of anilines is 2. The van der Waals surface area contributed by atoms with Crippen LogP contribution in [0.1, 0.15) is 5.56 Å². The average molecular weight is 256 g/mol. The lowest BCUT2D eigenvalue weighted by molar-refractivity contribution is 0.901. The molecule has 2 heterocycles. The summed E-state index contributed by atoms with van der Waals surface area (Å²) in [5.41, 5.74) is 13.4. The Morgan fingerprint density at radius 3 is 2.53 bits per heavy atom. The highest BCUT2D eigenvalue weighted by atomic mass is 16.1. The van der Waals surface area contributed by atoms with Crippen molar-refractivity contribution in [2.75, 3.05) is 11.5 Å². The first-order valence-corrected chi connectivity index (χ1v) is 5.67. The van der Waals surface area contributed by atoms with Crippen molar-refractivity contribution < 1.29 is 0 Å². The van der Waals surface area contributed by atoms with Gasteiger partial charge in [0.2, 0.25) is 0 Å². The number of nitrogens with one attached hydrogen (secondary N) is 1. The van der Waals surface area contributed by atoms with Gasteiger partial charge in [0.1, 0.15) is 5.82 Å². The molecular formula is C12H12N6O. The lowest BCUT2D eigenvalue weighted by Gasteiger charge is -2.03. The number of H-pyrrole nitrogens is 1. The van der Waals surface area contributed by atoms with Crippen LogP contribution in [0.25, 0.3) is 16.6 Å². The molecule has 0 aliphatic rings. The van der Waals surface area contributed by atoms with Gasteiger partial charge in [-0.2, -0.15) is 10.2 Å². The fourth-order valence-corrected chi connectivity index (χ4v) is 1.95. The molecule has 2 aromatic heterocycles. The van der Waals surface area contributed by atoms with Gasteiger partial charge in [-0.05, 0) is 19.1 Å². The molecule has 0 atom stereocenters. The van der Waals surface area contributed by atoms with E-state index in [4.69, 9.17) is 11.5 Å². The fraction of sp³-hybridized carbons (Fsp3) is 0.0833. The predicted molar refractivity (Wildman–Crippen MR) is 73.0 cm³/mol. The summed E-state index contributed by atoms with van der Waals surface area (Å²) < 4.78 is 1.48. The molecule has 0 amide bonds. The third kappa shape index (κ3) is 1.63. The first-order valence-electron chi connectivity index (χ1n) is 5.67. The van der Waals surface area contributed by atoms with Crippen LogP contribution in [0.3, 0.4) is 0 Å². The molecule has 0 radical (unpaired) electrons. The maximum atomic E-state index is 11.7. The summed E-state index contributed by atoms with van der Waals surface area (Å²) in [6.45, 7) is 1.99. The summed E-state index contributed by atoms with van der Waals surface area (Å²) in [5.74, 6) is 0.459. The summed E-state index contributed by atoms with van der Waals surface area (Å²) in [7, 11) is 0. The number of hydrogen-bond acceptors (Lipinski definition) is 5. The topological polar surface area (TPSA) is 116 Å². The Kier molecular flexibility index (Phi) is 2.28. The molecular weight excluding hydrogens is 244 g/mol. The van der Waals surface area contributed by atoms with Gasteiger partial charge in [-0.1, -0.05) is 17.7 Å². The number of fused-ring (bicyclic) bond motifs is 1. The maximum absolute atomic E-state index is 11.7. The van der Waals surface area contributed by atoms with Crippen LogP contribution in [0.5, 0.6) is 0 Å². The smallest absolute Gasteiger partial charge is 0.292 e. The molecule has 96 valence electrons. The van der Waals surface area contributed by atoms with E-state index in [1.807, 2.05) is 31.2 Å². The largest absolute Gasteiger partial charge is 0.383 e. The number of nitrogens with zero attached hydrogens (tertiary/aromatic N) is 3. The van der Waals surface area contributed by atoms with Gasteiger partial charge in [0.25, 0.3) is 5.56 Å². The molecule has 0 spiro atoms. The van der Waals surface area contributed by atoms with Crippen molar-refractivity contribution in [3.63, 3.8) is 0 Å². The van der Waals surface area contributed by atoms with Crippen LogP contribution in [-0.4, -0.2) is 20.0 Å². The normalized spacial score (nSPS) is 11.0. The Hall–Kier alpha value is -2.83. The second-order valence-corrected chi connectivity index (χ2v) is 4.29. The number of nitrogen functional groups attached to an aromatic ring is 2. The average Bonchev–Trinajstić information content (AvgIpc) is 2.74. The van der Waals surface area contributed by atoms with Crippen molar-refractivity contribution in [1.82, 2.24) is 20.0 Å². The van der Waals surface area contributed by atoms with Crippen LogP contribution >= 0.6 is 0 Å². The van der Waals surface area contributed by atoms with Gasteiger partial charge in [-0.15, -0.1) is 0 Å². The van der Waals surface area contributed by atoms with Crippen LogP contribution in [0.2, 0.25) is 0 Å². The van der Waals surface area contributed by atoms with Gasteiger partial charge < -0.3 is 11.5 Å². The molecule has 0 aliphatic carbocycles. The Labute approximate surface area is 107 Å². The first kappa shape index (κ1) is 11.3. The standard InChI is InChI=1S/C12H12N6O/c1-6-2-4-7(5-3-6)18-11(14)8-9(17-18)12(19)16-15-10(8)13/h2-5H,14H2,1H3,(H2,13,15)(H,16,19). The van der Waals surface area contributed by atoms with Crippen LogP contribution in [0.15, 0.2) is 29.1 Å². The van der Waals surface area contributed by atoms with Gasteiger partial charge in [-0.25, -0.2) is 9.78 Å². The Morgan fingerprint density at radius 1 is 1.21 bits per heavy atom. The first-order chi connectivity index (χ1) is 9.08. The van der Waals surface area contributed by atoms with Crippen molar-refractivity contribution in [3.05, 3.63) is 40.2 Å². The predicted octanol–water partition coefficient (Wildman–Crippen LogP) is 0.582. The fourth-order valence-electron chi connectivity index (χ4n) is 1.95. The summed E-state index contributed by atoms with van der Waals surface area (Å²) in [5, 5.41) is 10.6. The highest BCUT2D eigenvalue weighted by Crippen LogP contribution is 2.24. The minimum atomic E-state index is -0.415. The van der Waals surface area contributed by atoms with Crippen molar-refractivity contribution in [1.29, 1.82) is 0 Å². The third-order valence-corrected chi connectivity index (χ3v) is 2.95. The van der Waals surface area contributed by atoms with Gasteiger partial charge in [0, 0.05) is 0 Å². The molecule has 0 aliphatic heterocycles. The number of nitrogens with two attached hydrogens (primary N) is 2. The minimum absolute atomic E-state index is 0.158. The van der Waals surface area contributed by atoms with E-state index in [-0.39, 0.29) is 11.3 Å². The van der Waals surface area contributed by atoms with Crippen LogP contribution in [0, 0.1) is 6.92 Å². The van der Waals surface area contributed by atoms with E-state index in [0.717, 1.165) is 11.3 Å². The number of aromatic nitrogens is 4. The van der Waals surface area contributed by atoms with E-state index >= 15 is 0 Å². The molecule has 3 aromatic rings. The van der Waals surface area contributed by atoms with Gasteiger partial charge >= 0.3 is 0 Å².